The molecule has 0 amide bonds. The molecular weight excluding hydrogens is 136 g/mol. The number of hydrogen-bond donors (Lipinski definition) is 2. The summed E-state index contributed by atoms with van der Waals surface area (Å²) in [7, 11) is 2.97. The van der Waals surface area contributed by atoms with Crippen LogP contribution in [0.4, 0.5) is 0 Å². The number of nitrogens with two attached hydrogens (primary N) is 1. The molecule has 0 aromatic carbocycles. The molecule has 0 fully saturated rings. The first-order valence-corrected chi connectivity index (χ1v) is 2.75. The van der Waals surface area contributed by atoms with Gasteiger partial charge in [0.25, 0.3) is 0 Å². The van der Waals surface area contributed by atoms with Gasteiger partial charge < -0.3 is 20.4 Å². The summed E-state index contributed by atoms with van der Waals surface area (Å²) in [5, 5.41) is 11.0. The molecule has 0 aliphatic carbocycles. The topological polar surface area (TPSA) is 77.1 Å². The zero-order valence-corrected chi connectivity index (χ0v) is 6.07. The lowest BCUT2D eigenvalue weighted by Crippen LogP contribution is -2.34. The second-order valence-electron chi connectivity index (χ2n) is 1.70. The first kappa shape index (κ1) is 9.19. The summed E-state index contributed by atoms with van der Waals surface area (Å²) >= 11 is 0. The summed E-state index contributed by atoms with van der Waals surface area (Å²) in [6.45, 7) is 0.284. The average molecular weight is 148 g/mol. The van der Waals surface area contributed by atoms with Gasteiger partial charge >= 0.3 is 0 Å². The predicted octanol–water partition coefficient (Wildman–Crippen LogP) is -0.606. The lowest BCUT2D eigenvalue weighted by Gasteiger charge is -2.11. The van der Waals surface area contributed by atoms with Crippen molar-refractivity contribution in [3.05, 3.63) is 0 Å². The van der Waals surface area contributed by atoms with Crippen LogP contribution in [0.5, 0.6) is 0 Å². The van der Waals surface area contributed by atoms with Crippen LogP contribution in [0, 0.1) is 0 Å². The Hall–Kier alpha value is -0.810. The Bertz CT molecular complexity index is 115. The molecule has 0 aromatic heterocycles. The fraction of sp³-hybridized carbons (Fsp3) is 0.800. The molecule has 60 valence electrons. The molecule has 0 aliphatic rings. The van der Waals surface area contributed by atoms with Gasteiger partial charge in [-0.2, -0.15) is 0 Å². The molecule has 0 saturated carbocycles. The van der Waals surface area contributed by atoms with Crippen LogP contribution in [0.15, 0.2) is 5.16 Å². The molecule has 1 unspecified atom stereocenters. The van der Waals surface area contributed by atoms with Crippen LogP contribution in [0.2, 0.25) is 0 Å². The number of ether oxygens (including phenoxy) is 2. The summed E-state index contributed by atoms with van der Waals surface area (Å²) in [5.41, 5.74) is 5.21. The van der Waals surface area contributed by atoms with Crippen LogP contribution in [-0.4, -0.2) is 38.0 Å². The van der Waals surface area contributed by atoms with E-state index in [0.29, 0.717) is 0 Å². The fourth-order valence-electron chi connectivity index (χ4n) is 0.490. The molecule has 10 heavy (non-hydrogen) atoms. The predicted molar refractivity (Wildman–Crippen MR) is 36.1 cm³/mol. The van der Waals surface area contributed by atoms with Crippen LogP contribution in [-0.2, 0) is 9.47 Å². The molecule has 3 N–H and O–H groups in total. The summed E-state index contributed by atoms with van der Waals surface area (Å²) in [4.78, 5) is 0. The Kier molecular flexibility index (Phi) is 4.61. The Morgan fingerprint density at radius 3 is 2.60 bits per heavy atom. The SMILES string of the molecule is COCC(OC)/C(N)=N/O. The van der Waals surface area contributed by atoms with Crippen molar-refractivity contribution in [2.24, 2.45) is 10.9 Å². The fourth-order valence-corrected chi connectivity index (χ4v) is 0.490. The zero-order chi connectivity index (χ0) is 7.98. The van der Waals surface area contributed by atoms with E-state index in [1.807, 2.05) is 0 Å². The van der Waals surface area contributed by atoms with Crippen molar-refractivity contribution in [2.45, 2.75) is 6.10 Å². The van der Waals surface area contributed by atoms with E-state index in [4.69, 9.17) is 20.4 Å². The first-order chi connectivity index (χ1) is 4.76. The van der Waals surface area contributed by atoms with E-state index in [0.717, 1.165) is 0 Å². The van der Waals surface area contributed by atoms with Crippen molar-refractivity contribution in [1.82, 2.24) is 0 Å². The van der Waals surface area contributed by atoms with Crippen molar-refractivity contribution in [3.63, 3.8) is 0 Å². The molecule has 5 nitrogen and oxygen atoms in total. The van der Waals surface area contributed by atoms with Crippen molar-refractivity contribution >= 4 is 5.84 Å². The van der Waals surface area contributed by atoms with E-state index < -0.39 is 6.10 Å². The van der Waals surface area contributed by atoms with Crippen LogP contribution in [0.3, 0.4) is 0 Å². The van der Waals surface area contributed by atoms with Crippen LogP contribution < -0.4 is 5.73 Å². The summed E-state index contributed by atoms with van der Waals surface area (Å²) < 4.78 is 9.52. The standard InChI is InChI=1S/C5H12N2O3/c1-9-3-4(10-2)5(6)7-8/h4,8H,3H2,1-2H3,(H2,6,7). The lowest BCUT2D eigenvalue weighted by molar-refractivity contribution is 0.0656. The van der Waals surface area contributed by atoms with E-state index in [9.17, 15) is 0 Å². The van der Waals surface area contributed by atoms with E-state index in [1.165, 1.54) is 14.2 Å². The summed E-state index contributed by atoms with van der Waals surface area (Å²) in [6.07, 6.45) is -0.463. The molecule has 0 heterocycles. The molecule has 0 saturated heterocycles. The smallest absolute Gasteiger partial charge is 0.170 e. The molecule has 1 atom stereocenters. The van der Waals surface area contributed by atoms with Gasteiger partial charge in [-0.15, -0.1) is 0 Å². The van der Waals surface area contributed by atoms with Crippen LogP contribution in [0.25, 0.3) is 0 Å². The third-order valence-electron chi connectivity index (χ3n) is 1.05. The van der Waals surface area contributed by atoms with E-state index >= 15 is 0 Å². The maximum Gasteiger partial charge on any atom is 0.170 e. The molecule has 0 aromatic rings. The van der Waals surface area contributed by atoms with E-state index in [1.54, 1.807) is 0 Å². The summed E-state index contributed by atoms with van der Waals surface area (Å²) in [5.74, 6) is 0.0179. The normalized spacial score (nSPS) is 15.2. The average Bonchev–Trinajstić information content (AvgIpc) is 1.99. The molecule has 0 aliphatic heterocycles. The van der Waals surface area contributed by atoms with Crippen molar-refractivity contribution < 1.29 is 14.7 Å². The molecular formula is C5H12N2O3. The maximum absolute atomic E-state index is 8.19. The van der Waals surface area contributed by atoms with Crippen molar-refractivity contribution in [2.75, 3.05) is 20.8 Å². The summed E-state index contributed by atoms with van der Waals surface area (Å²) in [6, 6.07) is 0. The van der Waals surface area contributed by atoms with Gasteiger partial charge in [-0.05, 0) is 0 Å². The van der Waals surface area contributed by atoms with Crippen molar-refractivity contribution in [3.8, 4) is 0 Å². The molecule has 0 rings (SSSR count). The van der Waals surface area contributed by atoms with Crippen LogP contribution in [0.1, 0.15) is 0 Å². The van der Waals surface area contributed by atoms with Gasteiger partial charge in [0.1, 0.15) is 6.10 Å². The highest BCUT2D eigenvalue weighted by molar-refractivity contribution is 5.84. The van der Waals surface area contributed by atoms with Crippen molar-refractivity contribution in [1.29, 1.82) is 0 Å². The van der Waals surface area contributed by atoms with Gasteiger partial charge in [0, 0.05) is 14.2 Å². The first-order valence-electron chi connectivity index (χ1n) is 2.75. The minimum Gasteiger partial charge on any atom is -0.409 e. The van der Waals surface area contributed by atoms with Gasteiger partial charge in [0.05, 0.1) is 6.61 Å². The second-order valence-corrected chi connectivity index (χ2v) is 1.70. The molecule has 0 spiro atoms. The number of rotatable bonds is 4. The zero-order valence-electron chi connectivity index (χ0n) is 6.07. The monoisotopic (exact) mass is 148 g/mol. The number of methoxy groups -OCH3 is 2. The maximum atomic E-state index is 8.19. The molecule has 0 radical (unpaired) electrons. The number of nitrogens with zero attached hydrogens (tertiary/aromatic N) is 1. The number of hydrogen-bond acceptors (Lipinski definition) is 4. The largest absolute Gasteiger partial charge is 0.409 e. The van der Waals surface area contributed by atoms with Gasteiger partial charge in [-0.1, -0.05) is 5.16 Å². The van der Waals surface area contributed by atoms with Crippen LogP contribution >= 0.6 is 0 Å². The Morgan fingerprint density at radius 2 is 2.30 bits per heavy atom. The van der Waals surface area contributed by atoms with E-state index in [2.05, 4.69) is 5.16 Å². The van der Waals surface area contributed by atoms with Gasteiger partial charge in [0.2, 0.25) is 0 Å². The highest BCUT2D eigenvalue weighted by atomic mass is 16.5. The number of oxime groups is 1. The molecule has 5 heteroatoms. The third-order valence-corrected chi connectivity index (χ3v) is 1.05. The molecule has 0 bridgehead atoms. The third kappa shape index (κ3) is 2.65. The minimum absolute atomic E-state index is 0.0179. The van der Waals surface area contributed by atoms with Gasteiger partial charge in [-0.25, -0.2) is 0 Å². The van der Waals surface area contributed by atoms with E-state index in [-0.39, 0.29) is 12.4 Å². The highest BCUT2D eigenvalue weighted by Crippen LogP contribution is 1.89. The quantitative estimate of drug-likeness (QED) is 0.241. The number of amidine groups is 1. The Morgan fingerprint density at radius 1 is 1.70 bits per heavy atom. The van der Waals surface area contributed by atoms with Gasteiger partial charge in [-0.3, -0.25) is 0 Å². The highest BCUT2D eigenvalue weighted by Gasteiger charge is 2.11. The second kappa shape index (κ2) is 5.01. The Labute approximate surface area is 59.4 Å². The lowest BCUT2D eigenvalue weighted by atomic mass is 10.3. The van der Waals surface area contributed by atoms with Gasteiger partial charge in [0.15, 0.2) is 5.84 Å². The Balaban J connectivity index is 3.80. The minimum atomic E-state index is -0.463.